The number of anilines is 1. The molecule has 0 spiro atoms. The molecule has 0 amide bonds. The average Bonchev–Trinajstić information content (AvgIpc) is 2.39. The molecule has 0 bridgehead atoms. The quantitative estimate of drug-likeness (QED) is 0.658. The zero-order valence-electron chi connectivity index (χ0n) is 10.5. The predicted octanol–water partition coefficient (Wildman–Crippen LogP) is 1.87. The Morgan fingerprint density at radius 3 is 3.12 bits per heavy atom. The van der Waals surface area contributed by atoms with E-state index in [2.05, 4.69) is 28.8 Å². The molecule has 3 heteroatoms. The minimum atomic E-state index is 0.796. The summed E-state index contributed by atoms with van der Waals surface area (Å²) in [6.45, 7) is 3.92. The van der Waals surface area contributed by atoms with Crippen LogP contribution >= 0.6 is 0 Å². The van der Waals surface area contributed by atoms with E-state index < -0.39 is 0 Å². The number of para-hydroxylation sites is 1. The summed E-state index contributed by atoms with van der Waals surface area (Å²) >= 11 is 0. The number of nitrogens with two attached hydrogens (primary N) is 1. The summed E-state index contributed by atoms with van der Waals surface area (Å²) in [5, 5.41) is 7.01. The van der Waals surface area contributed by atoms with E-state index in [-0.39, 0.29) is 0 Å². The van der Waals surface area contributed by atoms with Crippen molar-refractivity contribution < 1.29 is 0 Å². The normalized spacial score (nSPS) is 14.2. The van der Waals surface area contributed by atoms with Crippen LogP contribution in [0.25, 0.3) is 0 Å². The molecule has 0 fully saturated rings. The molecule has 0 aliphatic carbocycles. The highest BCUT2D eigenvalue weighted by molar-refractivity contribution is 5.59. The molecule has 0 radical (unpaired) electrons. The van der Waals surface area contributed by atoms with Gasteiger partial charge in [0.15, 0.2) is 0 Å². The minimum absolute atomic E-state index is 0.796. The first-order valence-electron chi connectivity index (χ1n) is 6.67. The highest BCUT2D eigenvalue weighted by atomic mass is 14.9. The molecule has 17 heavy (non-hydrogen) atoms. The standard InChI is InChI=1S/C14H23N3/c15-8-1-2-9-16-11-13-6-3-5-12-7-4-10-17-14(12)13/h3,5-6,16-17H,1-2,4,7-11,15H2. The highest BCUT2D eigenvalue weighted by Crippen LogP contribution is 2.25. The molecule has 1 aliphatic rings. The smallest absolute Gasteiger partial charge is 0.0418 e. The van der Waals surface area contributed by atoms with Gasteiger partial charge in [0.25, 0.3) is 0 Å². The number of aryl methyl sites for hydroxylation is 1. The van der Waals surface area contributed by atoms with Crippen LogP contribution in [0.1, 0.15) is 30.4 Å². The van der Waals surface area contributed by atoms with E-state index in [4.69, 9.17) is 5.73 Å². The second-order valence-corrected chi connectivity index (χ2v) is 4.65. The van der Waals surface area contributed by atoms with Crippen LogP contribution in [0, 0.1) is 0 Å². The van der Waals surface area contributed by atoms with Gasteiger partial charge in [0.2, 0.25) is 0 Å². The van der Waals surface area contributed by atoms with Gasteiger partial charge in [-0.25, -0.2) is 0 Å². The molecule has 0 unspecified atom stereocenters. The number of hydrogen-bond donors (Lipinski definition) is 3. The first-order chi connectivity index (χ1) is 8.42. The molecule has 1 aromatic carbocycles. The van der Waals surface area contributed by atoms with Crippen LogP contribution in [0.5, 0.6) is 0 Å². The lowest BCUT2D eigenvalue weighted by Crippen LogP contribution is -2.19. The van der Waals surface area contributed by atoms with Gasteiger partial charge in [-0.2, -0.15) is 0 Å². The second kappa shape index (κ2) is 6.62. The van der Waals surface area contributed by atoms with Gasteiger partial charge in [0.1, 0.15) is 0 Å². The van der Waals surface area contributed by atoms with Gasteiger partial charge in [-0.15, -0.1) is 0 Å². The summed E-state index contributed by atoms with van der Waals surface area (Å²) in [6, 6.07) is 6.62. The van der Waals surface area contributed by atoms with Crippen LogP contribution in [0.15, 0.2) is 18.2 Å². The third kappa shape index (κ3) is 3.45. The van der Waals surface area contributed by atoms with E-state index >= 15 is 0 Å². The Kier molecular flexibility index (Phi) is 4.83. The van der Waals surface area contributed by atoms with Gasteiger partial charge in [0, 0.05) is 18.8 Å². The fourth-order valence-corrected chi connectivity index (χ4v) is 2.35. The van der Waals surface area contributed by atoms with Crippen molar-refractivity contribution in [2.75, 3.05) is 25.0 Å². The van der Waals surface area contributed by atoms with Crippen LogP contribution < -0.4 is 16.4 Å². The Balaban J connectivity index is 1.87. The summed E-state index contributed by atoms with van der Waals surface area (Å²) in [4.78, 5) is 0. The number of unbranched alkanes of at least 4 members (excludes halogenated alkanes) is 1. The van der Waals surface area contributed by atoms with Crippen LogP contribution in [0.4, 0.5) is 5.69 Å². The van der Waals surface area contributed by atoms with E-state index in [1.807, 2.05) is 0 Å². The monoisotopic (exact) mass is 233 g/mol. The van der Waals surface area contributed by atoms with Gasteiger partial charge in [-0.05, 0) is 49.9 Å². The minimum Gasteiger partial charge on any atom is -0.385 e. The van der Waals surface area contributed by atoms with Crippen molar-refractivity contribution in [2.24, 2.45) is 5.73 Å². The Hall–Kier alpha value is -1.06. The van der Waals surface area contributed by atoms with Crippen molar-refractivity contribution in [1.29, 1.82) is 0 Å². The number of nitrogens with one attached hydrogen (secondary N) is 2. The fourth-order valence-electron chi connectivity index (χ4n) is 2.35. The molecule has 4 N–H and O–H groups in total. The molecule has 1 aromatic rings. The third-order valence-electron chi connectivity index (χ3n) is 3.28. The summed E-state index contributed by atoms with van der Waals surface area (Å²) in [6.07, 6.45) is 4.74. The van der Waals surface area contributed by atoms with Crippen molar-refractivity contribution >= 4 is 5.69 Å². The van der Waals surface area contributed by atoms with Crippen LogP contribution in [0.2, 0.25) is 0 Å². The van der Waals surface area contributed by atoms with E-state index in [1.165, 1.54) is 36.1 Å². The van der Waals surface area contributed by atoms with E-state index in [0.717, 1.165) is 32.6 Å². The van der Waals surface area contributed by atoms with Gasteiger partial charge in [-0.1, -0.05) is 18.2 Å². The summed E-state index contributed by atoms with van der Waals surface area (Å²) in [7, 11) is 0. The second-order valence-electron chi connectivity index (χ2n) is 4.65. The maximum atomic E-state index is 5.48. The Morgan fingerprint density at radius 2 is 2.24 bits per heavy atom. The van der Waals surface area contributed by atoms with E-state index in [0.29, 0.717) is 0 Å². The summed E-state index contributed by atoms with van der Waals surface area (Å²) in [5.41, 5.74) is 9.71. The van der Waals surface area contributed by atoms with Crippen LogP contribution in [-0.2, 0) is 13.0 Å². The largest absolute Gasteiger partial charge is 0.385 e. The molecule has 1 aliphatic heterocycles. The average molecular weight is 233 g/mol. The zero-order valence-corrected chi connectivity index (χ0v) is 10.5. The molecular weight excluding hydrogens is 210 g/mol. The molecule has 0 atom stereocenters. The van der Waals surface area contributed by atoms with Crippen molar-refractivity contribution in [3.8, 4) is 0 Å². The maximum absolute atomic E-state index is 5.48. The first-order valence-corrected chi connectivity index (χ1v) is 6.67. The zero-order chi connectivity index (χ0) is 11.9. The Labute approximate surface area is 104 Å². The van der Waals surface area contributed by atoms with Crippen molar-refractivity contribution in [3.63, 3.8) is 0 Å². The highest BCUT2D eigenvalue weighted by Gasteiger charge is 2.11. The molecule has 0 aromatic heterocycles. The number of benzene rings is 1. The molecule has 1 heterocycles. The predicted molar refractivity (Wildman–Crippen MR) is 73.2 cm³/mol. The van der Waals surface area contributed by atoms with E-state index in [1.54, 1.807) is 0 Å². The Bertz CT molecular complexity index is 349. The number of fused-ring (bicyclic) bond motifs is 1. The lowest BCUT2D eigenvalue weighted by molar-refractivity contribution is 0.627. The van der Waals surface area contributed by atoms with Crippen LogP contribution in [-0.4, -0.2) is 19.6 Å². The Morgan fingerprint density at radius 1 is 1.29 bits per heavy atom. The molecule has 94 valence electrons. The van der Waals surface area contributed by atoms with Crippen molar-refractivity contribution in [2.45, 2.75) is 32.2 Å². The molecule has 3 nitrogen and oxygen atoms in total. The number of rotatable bonds is 6. The van der Waals surface area contributed by atoms with Crippen molar-refractivity contribution in [3.05, 3.63) is 29.3 Å². The lowest BCUT2D eigenvalue weighted by Gasteiger charge is -2.21. The molecule has 0 saturated carbocycles. The summed E-state index contributed by atoms with van der Waals surface area (Å²) < 4.78 is 0. The number of hydrogen-bond acceptors (Lipinski definition) is 3. The topological polar surface area (TPSA) is 50.1 Å². The third-order valence-corrected chi connectivity index (χ3v) is 3.28. The van der Waals surface area contributed by atoms with Crippen LogP contribution in [0.3, 0.4) is 0 Å². The van der Waals surface area contributed by atoms with Gasteiger partial charge in [0.05, 0.1) is 0 Å². The molecule has 2 rings (SSSR count). The van der Waals surface area contributed by atoms with Crippen molar-refractivity contribution in [1.82, 2.24) is 5.32 Å². The molecular formula is C14H23N3. The maximum Gasteiger partial charge on any atom is 0.0418 e. The van der Waals surface area contributed by atoms with Gasteiger partial charge < -0.3 is 16.4 Å². The SMILES string of the molecule is NCCCCNCc1cccc2c1NCCC2. The summed E-state index contributed by atoms with van der Waals surface area (Å²) in [5.74, 6) is 0. The van der Waals surface area contributed by atoms with E-state index in [9.17, 15) is 0 Å². The molecule has 0 saturated heterocycles. The lowest BCUT2D eigenvalue weighted by atomic mass is 9.99. The van der Waals surface area contributed by atoms with Gasteiger partial charge in [-0.3, -0.25) is 0 Å². The van der Waals surface area contributed by atoms with Gasteiger partial charge >= 0.3 is 0 Å². The first kappa shape index (κ1) is 12.4. The fraction of sp³-hybridized carbons (Fsp3) is 0.571.